The second-order valence-electron chi connectivity index (χ2n) is 16.0. The lowest BCUT2D eigenvalue weighted by Gasteiger charge is -2.67. The fourth-order valence-electron chi connectivity index (χ4n) is 11.0. The molecule has 10 unspecified atom stereocenters. The first kappa shape index (κ1) is 32.8. The number of Topliss-reactive ketones (excluding diaryl/α,β-unsaturated/α-hetero) is 2. The molecule has 10 nitrogen and oxygen atoms in total. The highest BCUT2D eigenvalue weighted by atomic mass is 16.4. The second kappa shape index (κ2) is 9.97. The summed E-state index contributed by atoms with van der Waals surface area (Å²) in [5, 5.41) is 46.0. The molecule has 0 radical (unpaired) electrons. The monoisotopic (exact) mass is 613 g/mol. The Balaban J connectivity index is 1.67. The number of guanidine groups is 1. The molecule has 0 aromatic carbocycles. The normalized spacial score (nSPS) is 43.1. The highest BCUT2D eigenvalue weighted by molar-refractivity contribution is 6.01. The molecule has 0 aromatic heterocycles. The van der Waals surface area contributed by atoms with E-state index in [1.807, 2.05) is 34.6 Å². The van der Waals surface area contributed by atoms with Crippen LogP contribution >= 0.6 is 0 Å². The minimum atomic E-state index is -1.33. The van der Waals surface area contributed by atoms with E-state index < -0.39 is 50.9 Å². The van der Waals surface area contributed by atoms with E-state index in [2.05, 4.69) is 11.9 Å². The minimum absolute atomic E-state index is 0.0112. The third-order valence-electron chi connectivity index (χ3n) is 13.8. The van der Waals surface area contributed by atoms with Crippen LogP contribution in [0.4, 0.5) is 0 Å². The zero-order valence-corrected chi connectivity index (χ0v) is 27.2. The van der Waals surface area contributed by atoms with Crippen LogP contribution in [0.15, 0.2) is 27.8 Å². The molecule has 244 valence electrons. The second-order valence-corrected chi connectivity index (χ2v) is 16.0. The number of hydrogen-bond acceptors (Lipinski definition) is 7. The van der Waals surface area contributed by atoms with Gasteiger partial charge in [-0.3, -0.25) is 14.6 Å². The van der Waals surface area contributed by atoms with E-state index in [1.54, 1.807) is 0 Å². The lowest BCUT2D eigenvalue weighted by Crippen LogP contribution is -2.68. The van der Waals surface area contributed by atoms with Crippen LogP contribution in [0.3, 0.4) is 0 Å². The average Bonchev–Trinajstić information content (AvgIpc) is 3.09. The summed E-state index contributed by atoms with van der Waals surface area (Å²) in [5.41, 5.74) is 7.01. The van der Waals surface area contributed by atoms with Gasteiger partial charge in [0.1, 0.15) is 5.78 Å². The lowest BCUT2D eigenvalue weighted by molar-refractivity contribution is -0.177. The summed E-state index contributed by atoms with van der Waals surface area (Å²) in [4.78, 5) is 43.5. The molecule has 5 rings (SSSR count). The topological polar surface area (TPSA) is 197 Å². The maximum atomic E-state index is 14.6. The minimum Gasteiger partial charge on any atom is -0.478 e. The number of allylic oxidation sites excluding steroid dienone is 1. The molecule has 0 amide bonds. The van der Waals surface area contributed by atoms with Gasteiger partial charge in [0.2, 0.25) is 0 Å². The number of aliphatic imine (C=N–C) groups is 1. The van der Waals surface area contributed by atoms with Crippen LogP contribution in [0.1, 0.15) is 93.4 Å². The molecule has 5 aliphatic carbocycles. The number of hydrogen-bond donors (Lipinski definition) is 6. The largest absolute Gasteiger partial charge is 0.478 e. The number of nitrogens with two attached hydrogens (primary N) is 2. The zero-order chi connectivity index (χ0) is 33.0. The molecule has 5 aliphatic rings. The van der Waals surface area contributed by atoms with Crippen molar-refractivity contribution in [2.24, 2.45) is 61.8 Å². The molecule has 0 aromatic rings. The van der Waals surface area contributed by atoms with Crippen LogP contribution in [0.2, 0.25) is 0 Å². The summed E-state index contributed by atoms with van der Waals surface area (Å²) in [7, 11) is 0. The molecule has 44 heavy (non-hydrogen) atoms. The Labute approximate surface area is 260 Å². The standard InChI is InChI=1S/C34H51N3O7/c1-17(27(41)42)12-21(38)19(16-37-28(35)36)18(2)20-13-34(44)11-10-33(43)15-23-29(3,4)24(40)8-9-30(23,5)25-22(39)14-31(20,6)32(34,7)26(25)33/h12,18-21,23,38,43-44H,8-11,13-16H2,1-7H3,(H,41,42)(H4,35,36,37). The number of carboxylic acids is 1. The predicted octanol–water partition coefficient (Wildman–Crippen LogP) is 2.88. The molecule has 3 fully saturated rings. The quantitative estimate of drug-likeness (QED) is 0.142. The van der Waals surface area contributed by atoms with Crippen molar-refractivity contribution in [3.63, 3.8) is 0 Å². The molecular weight excluding hydrogens is 562 g/mol. The number of rotatable bonds is 7. The Morgan fingerprint density at radius 3 is 2.30 bits per heavy atom. The van der Waals surface area contributed by atoms with Crippen LogP contribution < -0.4 is 11.5 Å². The highest BCUT2D eigenvalue weighted by Gasteiger charge is 2.78. The van der Waals surface area contributed by atoms with E-state index >= 15 is 0 Å². The number of nitrogens with zero attached hydrogens (tertiary/aromatic N) is 1. The van der Waals surface area contributed by atoms with Gasteiger partial charge >= 0.3 is 5.97 Å². The van der Waals surface area contributed by atoms with E-state index in [0.717, 1.165) is 0 Å². The van der Waals surface area contributed by atoms with Gasteiger partial charge in [-0.15, -0.1) is 0 Å². The Morgan fingerprint density at radius 1 is 1.07 bits per heavy atom. The first-order valence-corrected chi connectivity index (χ1v) is 16.0. The van der Waals surface area contributed by atoms with Gasteiger partial charge in [-0.05, 0) is 73.8 Å². The van der Waals surface area contributed by atoms with Gasteiger partial charge in [0.15, 0.2) is 11.7 Å². The molecule has 0 saturated heterocycles. The SMILES string of the molecule is CC(=CC(O)C(CN=C(N)N)C(C)C1CC2(O)CCC3(O)CC4C(C)(C)C(=O)CCC4(C)C4=C3C2(C)C1(C)CC4=O)C(=O)O. The maximum Gasteiger partial charge on any atom is 0.331 e. The van der Waals surface area contributed by atoms with Gasteiger partial charge in [-0.2, -0.15) is 0 Å². The van der Waals surface area contributed by atoms with Crippen LogP contribution in [-0.4, -0.2) is 67.8 Å². The number of aliphatic hydroxyl groups is 3. The summed E-state index contributed by atoms with van der Waals surface area (Å²) in [6.07, 6.45) is 2.50. The van der Waals surface area contributed by atoms with Crippen molar-refractivity contribution < 1.29 is 34.8 Å². The van der Waals surface area contributed by atoms with Crippen LogP contribution in [0, 0.1) is 45.3 Å². The molecule has 8 N–H and O–H groups in total. The first-order valence-electron chi connectivity index (χ1n) is 16.0. The van der Waals surface area contributed by atoms with Gasteiger partial charge in [0, 0.05) is 52.7 Å². The molecule has 10 heteroatoms. The summed E-state index contributed by atoms with van der Waals surface area (Å²) in [6.45, 7) is 13.4. The van der Waals surface area contributed by atoms with Crippen LogP contribution in [0.5, 0.6) is 0 Å². The summed E-state index contributed by atoms with van der Waals surface area (Å²) in [6, 6.07) is 0. The van der Waals surface area contributed by atoms with Crippen molar-refractivity contribution in [1.29, 1.82) is 0 Å². The van der Waals surface area contributed by atoms with Crippen LogP contribution in [-0.2, 0) is 14.4 Å². The van der Waals surface area contributed by atoms with Gasteiger partial charge in [-0.25, -0.2) is 4.79 Å². The number of carbonyl (C=O) groups excluding carboxylic acids is 2. The molecule has 0 aliphatic heterocycles. The molecule has 10 atom stereocenters. The van der Waals surface area contributed by atoms with E-state index in [1.165, 1.54) is 13.0 Å². The van der Waals surface area contributed by atoms with Gasteiger partial charge in [0.25, 0.3) is 0 Å². The predicted molar refractivity (Wildman–Crippen MR) is 165 cm³/mol. The average molecular weight is 614 g/mol. The summed E-state index contributed by atoms with van der Waals surface area (Å²) in [5.74, 6) is -2.63. The molecule has 3 saturated carbocycles. The fourth-order valence-corrected chi connectivity index (χ4v) is 11.0. The Bertz CT molecular complexity index is 1400. The lowest BCUT2D eigenvalue weighted by atomic mass is 9.37. The number of fused-ring (bicyclic) bond motifs is 2. The number of aliphatic hydroxyl groups excluding tert-OH is 1. The smallest absolute Gasteiger partial charge is 0.331 e. The summed E-state index contributed by atoms with van der Waals surface area (Å²) >= 11 is 0. The van der Waals surface area contributed by atoms with Gasteiger partial charge in [-0.1, -0.05) is 41.5 Å². The number of carbonyl (C=O) groups is 3. The van der Waals surface area contributed by atoms with E-state index in [9.17, 15) is 34.8 Å². The van der Waals surface area contributed by atoms with Crippen molar-refractivity contribution in [2.45, 2.75) is 111 Å². The van der Waals surface area contributed by atoms with Crippen molar-refractivity contribution in [3.8, 4) is 0 Å². The first-order chi connectivity index (χ1) is 20.1. The van der Waals surface area contributed by atoms with Crippen LogP contribution in [0.25, 0.3) is 0 Å². The van der Waals surface area contributed by atoms with Gasteiger partial charge in [0.05, 0.1) is 17.3 Å². The van der Waals surface area contributed by atoms with Crippen molar-refractivity contribution in [1.82, 2.24) is 0 Å². The molecular formula is C34H51N3O7. The number of aliphatic carboxylic acids is 1. The van der Waals surface area contributed by atoms with Gasteiger partial charge < -0.3 is 31.9 Å². The highest BCUT2D eigenvalue weighted by Crippen LogP contribution is 2.78. The number of ketones is 2. The van der Waals surface area contributed by atoms with E-state index in [-0.39, 0.29) is 53.8 Å². The molecule has 0 spiro atoms. The van der Waals surface area contributed by atoms with E-state index in [0.29, 0.717) is 49.7 Å². The summed E-state index contributed by atoms with van der Waals surface area (Å²) < 4.78 is 0. The maximum absolute atomic E-state index is 14.6. The molecule has 0 heterocycles. The Morgan fingerprint density at radius 2 is 1.70 bits per heavy atom. The van der Waals surface area contributed by atoms with E-state index in [4.69, 9.17) is 11.5 Å². The van der Waals surface area contributed by atoms with Crippen molar-refractivity contribution >= 4 is 23.5 Å². The van der Waals surface area contributed by atoms with Crippen molar-refractivity contribution in [3.05, 3.63) is 22.8 Å². The Kier molecular flexibility index (Phi) is 7.44. The van der Waals surface area contributed by atoms with Crippen molar-refractivity contribution in [2.75, 3.05) is 6.54 Å². The molecule has 0 bridgehead atoms. The third kappa shape index (κ3) is 4.15. The third-order valence-corrected chi connectivity index (χ3v) is 13.8. The number of carboxylic acid groups (broad SMARTS) is 1. The fraction of sp³-hybridized carbons (Fsp3) is 0.765. The zero-order valence-electron chi connectivity index (χ0n) is 27.2. The Hall–Kier alpha value is -2.56.